The summed E-state index contributed by atoms with van der Waals surface area (Å²) in [4.78, 5) is 17.7. The van der Waals surface area contributed by atoms with Crippen LogP contribution in [0.3, 0.4) is 0 Å². The molecule has 0 bridgehead atoms. The third-order valence-corrected chi connectivity index (χ3v) is 4.99. The van der Waals surface area contributed by atoms with Gasteiger partial charge in [-0.15, -0.1) is 16.4 Å². The fourth-order valence-electron chi connectivity index (χ4n) is 2.48. The smallest absolute Gasteiger partial charge is 0.288 e. The van der Waals surface area contributed by atoms with Crippen LogP contribution in [0, 0.1) is 4.84 Å². The summed E-state index contributed by atoms with van der Waals surface area (Å²) in [6, 6.07) is 3.79. The van der Waals surface area contributed by atoms with Crippen molar-refractivity contribution in [2.75, 3.05) is 26.2 Å². The molecule has 0 unspecified atom stereocenters. The Hall–Kier alpha value is -1.51. The minimum Gasteiger partial charge on any atom is -0.414 e. The lowest BCUT2D eigenvalue weighted by Gasteiger charge is -2.34. The maximum absolute atomic E-state index is 12.3. The van der Waals surface area contributed by atoms with E-state index < -0.39 is 0 Å². The van der Waals surface area contributed by atoms with Gasteiger partial charge in [-0.3, -0.25) is 9.69 Å². The molecule has 0 spiro atoms. The molecule has 2 aromatic rings. The Kier molecular flexibility index (Phi) is 4.93. The van der Waals surface area contributed by atoms with E-state index in [0.717, 1.165) is 31.1 Å². The fraction of sp³-hybridized carbons (Fsp3) is 0.533. The molecule has 8 heteroatoms. The first kappa shape index (κ1) is 16.4. The van der Waals surface area contributed by atoms with Crippen LogP contribution in [-0.2, 0) is 6.67 Å². The minimum absolute atomic E-state index is 0.125. The zero-order valence-electron chi connectivity index (χ0n) is 13.3. The van der Waals surface area contributed by atoms with Crippen molar-refractivity contribution in [2.24, 2.45) is 0 Å². The SMILES string of the molecule is CC(C)c1nn(CN2CCN(C(=O)c3cccs3)CC2)c(=S)o1. The van der Waals surface area contributed by atoms with Gasteiger partial charge in [0.05, 0.1) is 11.5 Å². The molecular weight excluding hydrogens is 332 g/mol. The number of carbonyl (C=O) groups is 1. The largest absolute Gasteiger partial charge is 0.414 e. The molecule has 0 N–H and O–H groups in total. The maximum Gasteiger partial charge on any atom is 0.288 e. The molecule has 0 aliphatic carbocycles. The number of hydrogen-bond acceptors (Lipinski definition) is 6. The fourth-order valence-corrected chi connectivity index (χ4v) is 3.36. The molecule has 1 aliphatic rings. The molecule has 6 nitrogen and oxygen atoms in total. The highest BCUT2D eigenvalue weighted by molar-refractivity contribution is 7.71. The standard InChI is InChI=1S/C15H20N4O2S2/c1-11(2)13-16-19(15(22)21-13)10-17-5-7-18(8-6-17)14(20)12-4-3-9-23-12/h3-4,9,11H,5-8,10H2,1-2H3. The first-order valence-corrected chi connectivity index (χ1v) is 8.96. The molecule has 3 rings (SSSR count). The van der Waals surface area contributed by atoms with E-state index in [9.17, 15) is 4.79 Å². The normalized spacial score (nSPS) is 16.2. The number of thiophene rings is 1. The number of hydrogen-bond donors (Lipinski definition) is 0. The molecule has 3 heterocycles. The number of amides is 1. The molecule has 0 radical (unpaired) electrons. The molecule has 124 valence electrons. The van der Waals surface area contributed by atoms with Crippen molar-refractivity contribution < 1.29 is 9.21 Å². The minimum atomic E-state index is 0.125. The summed E-state index contributed by atoms with van der Waals surface area (Å²) in [6.45, 7) is 7.72. The summed E-state index contributed by atoms with van der Waals surface area (Å²) in [5.74, 6) is 1.01. The van der Waals surface area contributed by atoms with Crippen LogP contribution in [0.15, 0.2) is 21.9 Å². The number of rotatable bonds is 4. The molecule has 1 amide bonds. The lowest BCUT2D eigenvalue weighted by molar-refractivity contribution is 0.0588. The van der Waals surface area contributed by atoms with Gasteiger partial charge in [-0.05, 0) is 23.7 Å². The second-order valence-corrected chi connectivity index (χ2v) is 7.19. The van der Waals surface area contributed by atoms with Crippen LogP contribution in [0.4, 0.5) is 0 Å². The number of carbonyl (C=O) groups excluding carboxylic acids is 1. The highest BCUT2D eigenvalue weighted by Gasteiger charge is 2.23. The summed E-state index contributed by atoms with van der Waals surface area (Å²) in [6.07, 6.45) is 0. The number of aromatic nitrogens is 2. The topological polar surface area (TPSA) is 54.5 Å². The third-order valence-electron chi connectivity index (χ3n) is 3.84. The van der Waals surface area contributed by atoms with E-state index in [-0.39, 0.29) is 11.8 Å². The van der Waals surface area contributed by atoms with E-state index in [1.54, 1.807) is 4.68 Å². The second kappa shape index (κ2) is 6.94. The van der Waals surface area contributed by atoms with E-state index in [2.05, 4.69) is 10.00 Å². The van der Waals surface area contributed by atoms with Crippen LogP contribution in [-0.4, -0.2) is 51.7 Å². The Morgan fingerprint density at radius 2 is 2.13 bits per heavy atom. The molecule has 0 atom stereocenters. The van der Waals surface area contributed by atoms with Gasteiger partial charge in [0, 0.05) is 32.1 Å². The van der Waals surface area contributed by atoms with E-state index in [0.29, 0.717) is 17.4 Å². The number of piperazine rings is 1. The lowest BCUT2D eigenvalue weighted by atomic mass is 10.2. The van der Waals surface area contributed by atoms with Gasteiger partial charge in [-0.25, -0.2) is 4.68 Å². The first-order valence-electron chi connectivity index (χ1n) is 7.67. The van der Waals surface area contributed by atoms with Crippen LogP contribution in [0.25, 0.3) is 0 Å². The van der Waals surface area contributed by atoms with Crippen LogP contribution >= 0.6 is 23.6 Å². The van der Waals surface area contributed by atoms with Crippen molar-refractivity contribution in [3.63, 3.8) is 0 Å². The Balaban J connectivity index is 1.57. The zero-order chi connectivity index (χ0) is 16.4. The van der Waals surface area contributed by atoms with Gasteiger partial charge >= 0.3 is 0 Å². The lowest BCUT2D eigenvalue weighted by Crippen LogP contribution is -2.48. The molecule has 2 aromatic heterocycles. The number of nitrogens with zero attached hydrogens (tertiary/aromatic N) is 4. The van der Waals surface area contributed by atoms with Gasteiger partial charge in [-0.1, -0.05) is 19.9 Å². The van der Waals surface area contributed by atoms with Gasteiger partial charge in [-0.2, -0.15) is 0 Å². The molecule has 1 aliphatic heterocycles. The third kappa shape index (κ3) is 3.70. The van der Waals surface area contributed by atoms with Crippen molar-refractivity contribution in [3.8, 4) is 0 Å². The second-order valence-electron chi connectivity index (χ2n) is 5.89. The molecule has 1 saturated heterocycles. The Morgan fingerprint density at radius 1 is 1.39 bits per heavy atom. The predicted octanol–water partition coefficient (Wildman–Crippen LogP) is 2.81. The summed E-state index contributed by atoms with van der Waals surface area (Å²) in [5.41, 5.74) is 0. The van der Waals surface area contributed by atoms with Crippen LogP contribution in [0.5, 0.6) is 0 Å². The van der Waals surface area contributed by atoms with Crippen molar-refractivity contribution in [1.82, 2.24) is 19.6 Å². The Bertz CT molecular complexity index is 712. The molecule has 23 heavy (non-hydrogen) atoms. The molecule has 0 aromatic carbocycles. The van der Waals surface area contributed by atoms with Gasteiger partial charge in [0.1, 0.15) is 0 Å². The molecular formula is C15H20N4O2S2. The van der Waals surface area contributed by atoms with E-state index in [1.165, 1.54) is 11.3 Å². The van der Waals surface area contributed by atoms with Gasteiger partial charge in [0.15, 0.2) is 0 Å². The molecule has 0 saturated carbocycles. The summed E-state index contributed by atoms with van der Waals surface area (Å²) in [5, 5.41) is 6.36. The summed E-state index contributed by atoms with van der Waals surface area (Å²) < 4.78 is 7.23. The Labute approximate surface area is 144 Å². The van der Waals surface area contributed by atoms with Crippen molar-refractivity contribution in [3.05, 3.63) is 33.1 Å². The van der Waals surface area contributed by atoms with E-state index in [1.807, 2.05) is 36.3 Å². The molecule has 1 fully saturated rings. The van der Waals surface area contributed by atoms with Gasteiger partial charge in [0.2, 0.25) is 5.89 Å². The van der Waals surface area contributed by atoms with Crippen LogP contribution < -0.4 is 0 Å². The van der Waals surface area contributed by atoms with Crippen molar-refractivity contribution in [2.45, 2.75) is 26.4 Å². The maximum atomic E-state index is 12.3. The average Bonchev–Trinajstić information content (AvgIpc) is 3.18. The van der Waals surface area contributed by atoms with Crippen LogP contribution in [0.1, 0.15) is 35.3 Å². The predicted molar refractivity (Wildman–Crippen MR) is 91.2 cm³/mol. The summed E-state index contributed by atoms with van der Waals surface area (Å²) >= 11 is 6.71. The van der Waals surface area contributed by atoms with Gasteiger partial charge in [0.25, 0.3) is 10.7 Å². The first-order chi connectivity index (χ1) is 11.0. The van der Waals surface area contributed by atoms with Crippen molar-refractivity contribution >= 4 is 29.5 Å². The average molecular weight is 352 g/mol. The van der Waals surface area contributed by atoms with E-state index in [4.69, 9.17) is 16.6 Å². The van der Waals surface area contributed by atoms with E-state index >= 15 is 0 Å². The van der Waals surface area contributed by atoms with Gasteiger partial charge < -0.3 is 9.32 Å². The highest BCUT2D eigenvalue weighted by atomic mass is 32.1. The summed E-state index contributed by atoms with van der Waals surface area (Å²) in [7, 11) is 0. The quantitative estimate of drug-likeness (QED) is 0.792. The van der Waals surface area contributed by atoms with Crippen LogP contribution in [0.2, 0.25) is 0 Å². The zero-order valence-corrected chi connectivity index (χ0v) is 14.9. The monoisotopic (exact) mass is 352 g/mol. The highest BCUT2D eigenvalue weighted by Crippen LogP contribution is 2.15. The Morgan fingerprint density at radius 3 is 2.70 bits per heavy atom. The van der Waals surface area contributed by atoms with Crippen molar-refractivity contribution in [1.29, 1.82) is 0 Å².